The summed E-state index contributed by atoms with van der Waals surface area (Å²) in [6.45, 7) is 0.717. The van der Waals surface area contributed by atoms with Crippen molar-refractivity contribution >= 4 is 11.9 Å². The van der Waals surface area contributed by atoms with Gasteiger partial charge in [-0.3, -0.25) is 0 Å². The first kappa shape index (κ1) is 9.58. The summed E-state index contributed by atoms with van der Waals surface area (Å²) in [6.07, 6.45) is 7.07. The van der Waals surface area contributed by atoms with E-state index in [-0.39, 0.29) is 5.82 Å². The van der Waals surface area contributed by atoms with Crippen LogP contribution >= 0.6 is 0 Å². The Morgan fingerprint density at radius 2 is 2.12 bits per heavy atom. The summed E-state index contributed by atoms with van der Waals surface area (Å²) < 4.78 is 13.6. The highest BCUT2D eigenvalue weighted by atomic mass is 19.1. The lowest BCUT2D eigenvalue weighted by Crippen LogP contribution is -2.28. The zero-order valence-corrected chi connectivity index (χ0v) is 8.86. The van der Waals surface area contributed by atoms with Gasteiger partial charge in [0.05, 0.1) is 0 Å². The molecule has 0 atom stereocenters. The summed E-state index contributed by atoms with van der Waals surface area (Å²) >= 11 is 0. The van der Waals surface area contributed by atoms with E-state index < -0.39 is 0 Å². The smallest absolute Gasteiger partial charge is 0.172 e. The van der Waals surface area contributed by atoms with Crippen molar-refractivity contribution < 1.29 is 4.39 Å². The van der Waals surface area contributed by atoms with E-state index in [4.69, 9.17) is 0 Å². The normalized spacial score (nSPS) is 19.8. The van der Waals surface area contributed by atoms with Gasteiger partial charge < -0.3 is 4.90 Å². The number of hydrogen-bond donors (Lipinski definition) is 0. The van der Waals surface area contributed by atoms with Crippen molar-refractivity contribution in [2.24, 2.45) is 4.99 Å². The standard InChI is InChI=1S/C13H12FN2/c14-13-4-2-1-3-12(13)10-7-15-9-16(8-10)11-5-6-11/h1-4,7,11H,5-6,8H2. The largest absolute Gasteiger partial charge is 0.346 e. The number of benzene rings is 1. The molecule has 1 aromatic rings. The van der Waals surface area contributed by atoms with Crippen LogP contribution in [0.3, 0.4) is 0 Å². The van der Waals surface area contributed by atoms with Gasteiger partial charge in [-0.15, -0.1) is 0 Å². The van der Waals surface area contributed by atoms with Crippen LogP contribution in [0.1, 0.15) is 18.4 Å². The lowest BCUT2D eigenvalue weighted by molar-refractivity contribution is 0.466. The molecule has 16 heavy (non-hydrogen) atoms. The molecule has 1 saturated carbocycles. The van der Waals surface area contributed by atoms with E-state index in [1.807, 2.05) is 6.07 Å². The molecule has 0 N–H and O–H groups in total. The van der Waals surface area contributed by atoms with E-state index in [2.05, 4.69) is 16.2 Å². The third-order valence-electron chi connectivity index (χ3n) is 2.95. The monoisotopic (exact) mass is 215 g/mol. The molecule has 0 bridgehead atoms. The molecule has 1 aliphatic heterocycles. The Balaban J connectivity index is 1.87. The van der Waals surface area contributed by atoms with Crippen LogP contribution in [0.25, 0.3) is 5.57 Å². The third-order valence-corrected chi connectivity index (χ3v) is 2.95. The minimum absolute atomic E-state index is 0.179. The fraction of sp³-hybridized carbons (Fsp3) is 0.308. The number of aliphatic imine (C=N–C) groups is 1. The average Bonchev–Trinajstić information content (AvgIpc) is 3.14. The van der Waals surface area contributed by atoms with Crippen LogP contribution in [0.5, 0.6) is 0 Å². The lowest BCUT2D eigenvalue weighted by Gasteiger charge is -2.22. The van der Waals surface area contributed by atoms with Crippen molar-refractivity contribution in [3.05, 3.63) is 41.8 Å². The molecule has 2 nitrogen and oxygen atoms in total. The summed E-state index contributed by atoms with van der Waals surface area (Å²) in [6, 6.07) is 7.41. The van der Waals surface area contributed by atoms with Gasteiger partial charge in [0.25, 0.3) is 0 Å². The van der Waals surface area contributed by atoms with Gasteiger partial charge in [0.15, 0.2) is 6.34 Å². The molecule has 1 radical (unpaired) electrons. The van der Waals surface area contributed by atoms with E-state index in [1.54, 1.807) is 18.3 Å². The molecule has 1 aromatic carbocycles. The zero-order valence-electron chi connectivity index (χ0n) is 8.86. The minimum atomic E-state index is -0.179. The van der Waals surface area contributed by atoms with Crippen molar-refractivity contribution in [2.75, 3.05) is 6.54 Å². The second-order valence-corrected chi connectivity index (χ2v) is 4.22. The van der Waals surface area contributed by atoms with Gasteiger partial charge in [-0.1, -0.05) is 18.2 Å². The van der Waals surface area contributed by atoms with Crippen molar-refractivity contribution in [1.82, 2.24) is 4.90 Å². The summed E-state index contributed by atoms with van der Waals surface area (Å²) in [5.41, 5.74) is 1.59. The van der Waals surface area contributed by atoms with Crippen molar-refractivity contribution in [3.8, 4) is 0 Å². The zero-order chi connectivity index (χ0) is 11.0. The van der Waals surface area contributed by atoms with Crippen LogP contribution in [0.4, 0.5) is 4.39 Å². The molecule has 0 unspecified atom stereocenters. The molecular weight excluding hydrogens is 203 g/mol. The Bertz CT molecular complexity index is 461. The highest BCUT2D eigenvalue weighted by Crippen LogP contribution is 2.30. The second-order valence-electron chi connectivity index (χ2n) is 4.22. The van der Waals surface area contributed by atoms with Gasteiger partial charge in [-0.25, -0.2) is 9.38 Å². The first-order valence-electron chi connectivity index (χ1n) is 5.50. The first-order valence-corrected chi connectivity index (χ1v) is 5.50. The minimum Gasteiger partial charge on any atom is -0.346 e. The summed E-state index contributed by atoms with van der Waals surface area (Å²) in [5, 5.41) is 0. The van der Waals surface area contributed by atoms with Crippen LogP contribution in [-0.2, 0) is 0 Å². The van der Waals surface area contributed by atoms with Crippen LogP contribution in [-0.4, -0.2) is 23.8 Å². The van der Waals surface area contributed by atoms with Gasteiger partial charge in [0, 0.05) is 24.4 Å². The van der Waals surface area contributed by atoms with E-state index in [9.17, 15) is 4.39 Å². The molecule has 1 fully saturated rings. The quantitative estimate of drug-likeness (QED) is 0.740. The summed E-state index contributed by atoms with van der Waals surface area (Å²) in [5.74, 6) is -0.179. The van der Waals surface area contributed by atoms with Gasteiger partial charge in [-0.2, -0.15) is 0 Å². The van der Waals surface area contributed by atoms with E-state index in [0.29, 0.717) is 11.6 Å². The van der Waals surface area contributed by atoms with Crippen molar-refractivity contribution in [2.45, 2.75) is 18.9 Å². The predicted octanol–water partition coefficient (Wildman–Crippen LogP) is 2.55. The predicted molar refractivity (Wildman–Crippen MR) is 61.5 cm³/mol. The maximum absolute atomic E-state index is 13.6. The highest BCUT2D eigenvalue weighted by Gasteiger charge is 2.29. The maximum atomic E-state index is 13.6. The molecule has 1 aliphatic carbocycles. The van der Waals surface area contributed by atoms with Crippen LogP contribution in [0.2, 0.25) is 0 Å². The summed E-state index contributed by atoms with van der Waals surface area (Å²) in [4.78, 5) is 6.14. The molecule has 0 amide bonds. The molecular formula is C13H12FN2. The summed E-state index contributed by atoms with van der Waals surface area (Å²) in [7, 11) is 0. The van der Waals surface area contributed by atoms with E-state index >= 15 is 0 Å². The third kappa shape index (κ3) is 1.73. The molecule has 2 aliphatic rings. The van der Waals surface area contributed by atoms with Crippen molar-refractivity contribution in [1.29, 1.82) is 0 Å². The van der Waals surface area contributed by atoms with Crippen LogP contribution < -0.4 is 0 Å². The molecule has 81 valence electrons. The number of rotatable bonds is 2. The molecule has 3 rings (SSSR count). The number of halogens is 1. The Morgan fingerprint density at radius 1 is 1.31 bits per heavy atom. The van der Waals surface area contributed by atoms with Crippen LogP contribution in [0.15, 0.2) is 35.5 Å². The molecule has 1 heterocycles. The molecule has 0 aromatic heterocycles. The maximum Gasteiger partial charge on any atom is 0.172 e. The number of nitrogens with zero attached hydrogens (tertiary/aromatic N) is 2. The Morgan fingerprint density at radius 3 is 2.88 bits per heavy atom. The van der Waals surface area contributed by atoms with Crippen molar-refractivity contribution in [3.63, 3.8) is 0 Å². The second kappa shape index (κ2) is 3.74. The van der Waals surface area contributed by atoms with Gasteiger partial charge in [-0.05, 0) is 24.5 Å². The Kier molecular flexibility index (Phi) is 2.24. The highest BCUT2D eigenvalue weighted by molar-refractivity contribution is 5.74. The van der Waals surface area contributed by atoms with Gasteiger partial charge in [0.1, 0.15) is 5.82 Å². The topological polar surface area (TPSA) is 15.6 Å². The number of hydrogen-bond acceptors (Lipinski definition) is 2. The molecule has 3 heteroatoms. The SMILES string of the molecule is Fc1ccccc1C1=CN=[C]N(C2CC2)C1. The van der Waals surface area contributed by atoms with E-state index in [1.165, 1.54) is 18.9 Å². The lowest BCUT2D eigenvalue weighted by atomic mass is 10.1. The fourth-order valence-electron chi connectivity index (χ4n) is 1.91. The first-order chi connectivity index (χ1) is 7.84. The van der Waals surface area contributed by atoms with E-state index in [0.717, 1.165) is 12.1 Å². The average molecular weight is 215 g/mol. The molecule has 0 saturated heterocycles. The van der Waals surface area contributed by atoms with Crippen LogP contribution in [0, 0.1) is 5.82 Å². The Labute approximate surface area is 94.1 Å². The van der Waals surface area contributed by atoms with Gasteiger partial charge in [0.2, 0.25) is 0 Å². The fourth-order valence-corrected chi connectivity index (χ4v) is 1.91. The Hall–Kier alpha value is -1.64. The van der Waals surface area contributed by atoms with Gasteiger partial charge >= 0.3 is 0 Å². The molecule has 0 spiro atoms.